The zero-order valence-electron chi connectivity index (χ0n) is 13.4. The molecule has 0 spiro atoms. The minimum atomic E-state index is -0.584. The largest absolute Gasteiger partial charge is 0.468 e. The van der Waals surface area contributed by atoms with Gasteiger partial charge in [-0.3, -0.25) is 9.69 Å². The summed E-state index contributed by atoms with van der Waals surface area (Å²) in [5.41, 5.74) is -0.584. The first-order chi connectivity index (χ1) is 9.51. The van der Waals surface area contributed by atoms with Gasteiger partial charge in [0, 0.05) is 12.1 Å². The number of hydrogen-bond acceptors (Lipinski definition) is 4. The number of likely N-dealkylation sites (N-methyl/N-ethyl adjacent to an activating group) is 1. The van der Waals surface area contributed by atoms with Crippen molar-refractivity contribution in [2.45, 2.75) is 70.0 Å². The monoisotopic (exact) mass is 282 g/mol. The molecule has 20 heavy (non-hydrogen) atoms. The quantitative estimate of drug-likeness (QED) is 0.785. The Bertz CT molecular complexity index is 347. The van der Waals surface area contributed by atoms with Crippen molar-refractivity contribution in [2.75, 3.05) is 20.7 Å². The van der Waals surface area contributed by atoms with E-state index >= 15 is 0 Å². The molecule has 0 aromatic rings. The molecule has 1 heterocycles. The number of methoxy groups -OCH3 is 1. The highest BCUT2D eigenvalue weighted by Gasteiger charge is 2.41. The Kier molecular flexibility index (Phi) is 5.08. The summed E-state index contributed by atoms with van der Waals surface area (Å²) in [5, 5.41) is 3.16. The first kappa shape index (κ1) is 15.8. The van der Waals surface area contributed by atoms with E-state index in [2.05, 4.69) is 17.1 Å². The molecule has 1 aliphatic carbocycles. The van der Waals surface area contributed by atoms with E-state index in [-0.39, 0.29) is 5.97 Å². The summed E-state index contributed by atoms with van der Waals surface area (Å²) in [6.07, 6.45) is 7.62. The summed E-state index contributed by atoms with van der Waals surface area (Å²) in [7, 11) is 3.31. The number of ether oxygens (including phenoxy) is 1. The van der Waals surface area contributed by atoms with Crippen molar-refractivity contribution in [1.82, 2.24) is 10.2 Å². The van der Waals surface area contributed by atoms with Crippen LogP contribution in [-0.2, 0) is 9.53 Å². The van der Waals surface area contributed by atoms with Gasteiger partial charge in [-0.1, -0.05) is 6.42 Å². The van der Waals surface area contributed by atoms with Gasteiger partial charge in [0.25, 0.3) is 0 Å². The Morgan fingerprint density at radius 1 is 1.40 bits per heavy atom. The number of carbonyl (C=O) groups excluding carboxylic acids is 1. The van der Waals surface area contributed by atoms with Crippen molar-refractivity contribution >= 4 is 5.97 Å². The van der Waals surface area contributed by atoms with Gasteiger partial charge in [0.2, 0.25) is 0 Å². The van der Waals surface area contributed by atoms with Crippen molar-refractivity contribution in [3.05, 3.63) is 0 Å². The third-order valence-electron chi connectivity index (χ3n) is 5.49. The summed E-state index contributed by atoms with van der Waals surface area (Å²) in [6, 6.07) is 1.16. The zero-order chi connectivity index (χ0) is 14.8. The Labute approximate surface area is 123 Å². The second kappa shape index (κ2) is 6.44. The molecular formula is C16H30N2O2. The molecule has 2 aliphatic rings. The lowest BCUT2D eigenvalue weighted by molar-refractivity contribution is -0.148. The predicted molar refractivity (Wildman–Crippen MR) is 80.6 cm³/mol. The van der Waals surface area contributed by atoms with Gasteiger partial charge in [0.15, 0.2) is 0 Å². The average molecular weight is 282 g/mol. The van der Waals surface area contributed by atoms with Crippen LogP contribution in [0.15, 0.2) is 0 Å². The Morgan fingerprint density at radius 2 is 2.10 bits per heavy atom. The number of carbonyl (C=O) groups is 1. The third-order valence-corrected chi connectivity index (χ3v) is 5.49. The maximum absolute atomic E-state index is 12.0. The first-order valence-corrected chi connectivity index (χ1v) is 8.05. The molecular weight excluding hydrogens is 252 g/mol. The van der Waals surface area contributed by atoms with Crippen LogP contribution in [0.3, 0.4) is 0 Å². The van der Waals surface area contributed by atoms with Gasteiger partial charge in [-0.2, -0.15) is 0 Å². The van der Waals surface area contributed by atoms with Crippen molar-refractivity contribution < 1.29 is 9.53 Å². The van der Waals surface area contributed by atoms with Crippen LogP contribution in [0.5, 0.6) is 0 Å². The van der Waals surface area contributed by atoms with Gasteiger partial charge < -0.3 is 10.1 Å². The molecule has 2 rings (SSSR count). The molecule has 4 heteroatoms. The molecule has 116 valence electrons. The molecule has 4 nitrogen and oxygen atoms in total. The second-order valence-corrected chi connectivity index (χ2v) is 6.77. The molecule has 0 amide bonds. The van der Waals surface area contributed by atoms with Crippen molar-refractivity contribution in [3.63, 3.8) is 0 Å². The van der Waals surface area contributed by atoms with Gasteiger partial charge in [-0.25, -0.2) is 0 Å². The summed E-state index contributed by atoms with van der Waals surface area (Å²) in [6.45, 7) is 5.40. The number of likely N-dealkylation sites (tertiary alicyclic amines) is 1. The van der Waals surface area contributed by atoms with E-state index < -0.39 is 5.54 Å². The Hall–Kier alpha value is -0.610. The van der Waals surface area contributed by atoms with Crippen molar-refractivity contribution in [2.24, 2.45) is 5.92 Å². The fourth-order valence-electron chi connectivity index (χ4n) is 4.26. The van der Waals surface area contributed by atoms with Crippen molar-refractivity contribution in [3.8, 4) is 0 Å². The molecule has 2 fully saturated rings. The molecule has 0 bridgehead atoms. The van der Waals surface area contributed by atoms with Crippen molar-refractivity contribution in [1.29, 1.82) is 0 Å². The van der Waals surface area contributed by atoms with Crippen LogP contribution in [0.2, 0.25) is 0 Å². The smallest absolute Gasteiger partial charge is 0.325 e. The number of fused-ring (bicyclic) bond motifs is 1. The van der Waals surface area contributed by atoms with E-state index in [9.17, 15) is 4.79 Å². The Morgan fingerprint density at radius 3 is 2.75 bits per heavy atom. The lowest BCUT2D eigenvalue weighted by atomic mass is 9.87. The third kappa shape index (κ3) is 3.01. The first-order valence-electron chi connectivity index (χ1n) is 8.05. The minimum absolute atomic E-state index is 0.160. The van der Waals surface area contributed by atoms with Gasteiger partial charge in [0.1, 0.15) is 5.54 Å². The second-order valence-electron chi connectivity index (χ2n) is 6.77. The van der Waals surface area contributed by atoms with Crippen LogP contribution in [-0.4, -0.2) is 49.2 Å². The summed E-state index contributed by atoms with van der Waals surface area (Å²) in [4.78, 5) is 14.7. The Balaban J connectivity index is 2.02. The van der Waals surface area contributed by atoms with Crippen LogP contribution < -0.4 is 5.32 Å². The number of nitrogens with one attached hydrogen (secondary N) is 1. The number of nitrogens with zero attached hydrogens (tertiary/aromatic N) is 1. The van der Waals surface area contributed by atoms with Crippen LogP contribution in [0, 0.1) is 5.92 Å². The molecule has 1 saturated carbocycles. The number of piperidine rings is 1. The molecule has 1 saturated heterocycles. The lowest BCUT2D eigenvalue weighted by Gasteiger charge is -2.43. The normalized spacial score (nSPS) is 31.4. The maximum Gasteiger partial charge on any atom is 0.325 e. The fourth-order valence-corrected chi connectivity index (χ4v) is 4.26. The molecule has 4 unspecified atom stereocenters. The highest BCUT2D eigenvalue weighted by molar-refractivity contribution is 5.80. The van der Waals surface area contributed by atoms with Crippen LogP contribution in [0.4, 0.5) is 0 Å². The van der Waals surface area contributed by atoms with Crippen LogP contribution in [0.1, 0.15) is 52.4 Å². The minimum Gasteiger partial charge on any atom is -0.468 e. The zero-order valence-corrected chi connectivity index (χ0v) is 13.4. The summed E-state index contributed by atoms with van der Waals surface area (Å²) >= 11 is 0. The predicted octanol–water partition coefficient (Wildman–Crippen LogP) is 2.18. The van der Waals surface area contributed by atoms with E-state index in [1.807, 2.05) is 14.0 Å². The van der Waals surface area contributed by atoms with Crippen LogP contribution in [0.25, 0.3) is 0 Å². The average Bonchev–Trinajstić information content (AvgIpc) is 2.94. The van der Waals surface area contributed by atoms with E-state index in [1.54, 1.807) is 0 Å². The SMILES string of the molecule is CNC(C)(CC(C)N1CCCC2CCCC21)C(=O)OC. The molecule has 0 aromatic heterocycles. The topological polar surface area (TPSA) is 41.6 Å². The van der Waals surface area contributed by atoms with Gasteiger partial charge in [-0.05, 0) is 65.5 Å². The van der Waals surface area contributed by atoms with Gasteiger partial charge in [0.05, 0.1) is 7.11 Å². The van der Waals surface area contributed by atoms with Crippen LogP contribution >= 0.6 is 0 Å². The number of rotatable bonds is 5. The standard InChI is InChI=1S/C16H30N2O2/c1-12(11-16(2,17-3)15(19)20-4)18-10-6-8-13-7-5-9-14(13)18/h12-14,17H,5-11H2,1-4H3. The highest BCUT2D eigenvalue weighted by atomic mass is 16.5. The lowest BCUT2D eigenvalue weighted by Crippen LogP contribution is -2.55. The van der Waals surface area contributed by atoms with Gasteiger partial charge >= 0.3 is 5.97 Å². The van der Waals surface area contributed by atoms with E-state index in [0.29, 0.717) is 6.04 Å². The van der Waals surface area contributed by atoms with E-state index in [1.165, 1.54) is 45.8 Å². The summed E-state index contributed by atoms with van der Waals surface area (Å²) in [5.74, 6) is 0.733. The molecule has 0 radical (unpaired) electrons. The molecule has 1 N–H and O–H groups in total. The maximum atomic E-state index is 12.0. The number of esters is 1. The number of hydrogen-bond donors (Lipinski definition) is 1. The molecule has 1 aliphatic heterocycles. The molecule has 0 aromatic carbocycles. The summed E-state index contributed by atoms with van der Waals surface area (Å²) < 4.78 is 4.96. The van der Waals surface area contributed by atoms with E-state index in [4.69, 9.17) is 4.74 Å². The van der Waals surface area contributed by atoms with E-state index in [0.717, 1.165) is 18.4 Å². The fraction of sp³-hybridized carbons (Fsp3) is 0.938. The van der Waals surface area contributed by atoms with Gasteiger partial charge in [-0.15, -0.1) is 0 Å². The molecule has 4 atom stereocenters. The highest BCUT2D eigenvalue weighted by Crippen LogP contribution is 2.38.